The third-order valence-corrected chi connectivity index (χ3v) is 1.32. The molecule has 1 fully saturated rings. The highest BCUT2D eigenvalue weighted by atomic mass is 16.6. The number of aliphatic hydroxyl groups is 3. The van der Waals surface area contributed by atoms with E-state index in [9.17, 15) is 4.79 Å². The SMILES string of the molecule is O=C1[C@H](O)OC[C@@H](O)[C@@H]1O. The average Bonchev–Trinajstić information content (AvgIpc) is 1.93. The topological polar surface area (TPSA) is 87.0 Å². The Balaban J connectivity index is 2.60. The first-order chi connectivity index (χ1) is 4.63. The number of carbonyl (C=O) groups is 1. The summed E-state index contributed by atoms with van der Waals surface area (Å²) in [6.07, 6.45) is -4.31. The monoisotopic (exact) mass is 148 g/mol. The Kier molecular flexibility index (Phi) is 2.00. The molecule has 1 saturated heterocycles. The molecule has 3 atom stereocenters. The third-order valence-electron chi connectivity index (χ3n) is 1.32. The molecule has 0 amide bonds. The van der Waals surface area contributed by atoms with E-state index in [1.54, 1.807) is 0 Å². The summed E-state index contributed by atoms with van der Waals surface area (Å²) in [4.78, 5) is 10.6. The van der Waals surface area contributed by atoms with E-state index in [0.717, 1.165) is 0 Å². The van der Waals surface area contributed by atoms with Crippen LogP contribution in [0, 0.1) is 0 Å². The van der Waals surface area contributed by atoms with E-state index < -0.39 is 24.3 Å². The fourth-order valence-electron chi connectivity index (χ4n) is 0.699. The second-order valence-electron chi connectivity index (χ2n) is 2.10. The highest BCUT2D eigenvalue weighted by Crippen LogP contribution is 2.08. The number of Topliss-reactive ketones (excluding diaryl/α,β-unsaturated/α-hetero) is 1. The Bertz CT molecular complexity index is 145. The Morgan fingerprint density at radius 2 is 2.00 bits per heavy atom. The van der Waals surface area contributed by atoms with Gasteiger partial charge in [-0.3, -0.25) is 4.79 Å². The van der Waals surface area contributed by atoms with E-state index in [-0.39, 0.29) is 6.61 Å². The molecule has 58 valence electrons. The molecule has 0 saturated carbocycles. The minimum Gasteiger partial charge on any atom is -0.388 e. The predicted octanol–water partition coefficient (Wildman–Crippen LogP) is -2.37. The molecule has 5 heteroatoms. The van der Waals surface area contributed by atoms with Crippen molar-refractivity contribution in [2.45, 2.75) is 18.5 Å². The molecule has 1 aliphatic heterocycles. The Hall–Kier alpha value is -0.490. The van der Waals surface area contributed by atoms with Crippen LogP contribution in [0.4, 0.5) is 0 Å². The van der Waals surface area contributed by atoms with Gasteiger partial charge >= 0.3 is 0 Å². The van der Waals surface area contributed by atoms with Crippen molar-refractivity contribution in [1.29, 1.82) is 0 Å². The largest absolute Gasteiger partial charge is 0.388 e. The third kappa shape index (κ3) is 1.17. The smallest absolute Gasteiger partial charge is 0.219 e. The van der Waals surface area contributed by atoms with E-state index >= 15 is 0 Å². The Morgan fingerprint density at radius 1 is 1.40 bits per heavy atom. The highest BCUT2D eigenvalue weighted by molar-refractivity contribution is 5.86. The van der Waals surface area contributed by atoms with Gasteiger partial charge in [-0.25, -0.2) is 0 Å². The molecule has 0 aromatic heterocycles. The lowest BCUT2D eigenvalue weighted by Crippen LogP contribution is -2.49. The van der Waals surface area contributed by atoms with Crippen LogP contribution in [-0.2, 0) is 9.53 Å². The van der Waals surface area contributed by atoms with Crippen LogP contribution >= 0.6 is 0 Å². The van der Waals surface area contributed by atoms with Gasteiger partial charge in [0.2, 0.25) is 12.1 Å². The molecular formula is C5H8O5. The van der Waals surface area contributed by atoms with Crippen LogP contribution in [0.25, 0.3) is 0 Å². The molecular weight excluding hydrogens is 140 g/mol. The molecule has 10 heavy (non-hydrogen) atoms. The summed E-state index contributed by atoms with van der Waals surface area (Å²) < 4.78 is 4.37. The van der Waals surface area contributed by atoms with Crippen molar-refractivity contribution in [1.82, 2.24) is 0 Å². The second-order valence-corrected chi connectivity index (χ2v) is 2.10. The summed E-state index contributed by atoms with van der Waals surface area (Å²) in [5.41, 5.74) is 0. The van der Waals surface area contributed by atoms with Crippen molar-refractivity contribution >= 4 is 5.78 Å². The zero-order valence-electron chi connectivity index (χ0n) is 5.10. The summed E-state index contributed by atoms with van der Waals surface area (Å²) in [5.74, 6) is -0.890. The highest BCUT2D eigenvalue weighted by Gasteiger charge is 2.35. The van der Waals surface area contributed by atoms with Gasteiger partial charge in [-0.15, -0.1) is 0 Å². The second kappa shape index (κ2) is 2.63. The first-order valence-corrected chi connectivity index (χ1v) is 2.82. The van der Waals surface area contributed by atoms with Gasteiger partial charge in [0.05, 0.1) is 6.61 Å². The van der Waals surface area contributed by atoms with Crippen molar-refractivity contribution in [2.24, 2.45) is 0 Å². The predicted molar refractivity (Wildman–Crippen MR) is 29.0 cm³/mol. The van der Waals surface area contributed by atoms with E-state index in [4.69, 9.17) is 15.3 Å². The van der Waals surface area contributed by atoms with Gasteiger partial charge in [0.1, 0.15) is 12.2 Å². The van der Waals surface area contributed by atoms with Crippen LogP contribution < -0.4 is 0 Å². The molecule has 0 aromatic carbocycles. The first-order valence-electron chi connectivity index (χ1n) is 2.82. The number of hydrogen-bond acceptors (Lipinski definition) is 5. The zero-order valence-corrected chi connectivity index (χ0v) is 5.10. The number of ether oxygens (including phenoxy) is 1. The summed E-state index contributed by atoms with van der Waals surface area (Å²) in [7, 11) is 0. The van der Waals surface area contributed by atoms with E-state index in [1.165, 1.54) is 0 Å². The van der Waals surface area contributed by atoms with Gasteiger partial charge in [0.25, 0.3) is 0 Å². The summed E-state index contributed by atoms with van der Waals surface area (Å²) in [5, 5.41) is 26.2. The number of rotatable bonds is 0. The first kappa shape index (κ1) is 7.62. The fourth-order valence-corrected chi connectivity index (χ4v) is 0.699. The van der Waals surface area contributed by atoms with Crippen LogP contribution in [-0.4, -0.2) is 46.2 Å². The molecule has 0 aromatic rings. The van der Waals surface area contributed by atoms with E-state index in [0.29, 0.717) is 0 Å². The van der Waals surface area contributed by atoms with Crippen LogP contribution in [0.15, 0.2) is 0 Å². The summed E-state index contributed by atoms with van der Waals surface area (Å²) in [6.45, 7) is -0.214. The number of ketones is 1. The maximum Gasteiger partial charge on any atom is 0.219 e. The quantitative estimate of drug-likeness (QED) is 0.357. The molecule has 0 bridgehead atoms. The molecule has 1 rings (SSSR count). The maximum atomic E-state index is 10.6. The van der Waals surface area contributed by atoms with Crippen LogP contribution in [0.3, 0.4) is 0 Å². The lowest BCUT2D eigenvalue weighted by Gasteiger charge is -2.25. The molecule has 0 unspecified atom stereocenters. The lowest BCUT2D eigenvalue weighted by molar-refractivity contribution is -0.196. The van der Waals surface area contributed by atoms with E-state index in [1.807, 2.05) is 0 Å². The number of aliphatic hydroxyl groups excluding tert-OH is 3. The van der Waals surface area contributed by atoms with Crippen molar-refractivity contribution in [3.8, 4) is 0 Å². The number of carbonyl (C=O) groups excluding carboxylic acids is 1. The van der Waals surface area contributed by atoms with Crippen molar-refractivity contribution in [2.75, 3.05) is 6.61 Å². The normalized spacial score (nSPS) is 41.9. The molecule has 0 spiro atoms. The van der Waals surface area contributed by atoms with Gasteiger partial charge < -0.3 is 20.1 Å². The fraction of sp³-hybridized carbons (Fsp3) is 0.800. The summed E-state index contributed by atoms with van der Waals surface area (Å²) in [6, 6.07) is 0. The standard InChI is InChI=1S/C5H8O5/c6-2-1-10-5(9)4(8)3(2)7/h2-3,5-7,9H,1H2/t2-,3+,5-/m1/s1. The Morgan fingerprint density at radius 3 is 2.50 bits per heavy atom. The van der Waals surface area contributed by atoms with Gasteiger partial charge in [0, 0.05) is 0 Å². The molecule has 1 heterocycles. The van der Waals surface area contributed by atoms with Crippen molar-refractivity contribution < 1.29 is 24.9 Å². The van der Waals surface area contributed by atoms with Crippen molar-refractivity contribution in [3.05, 3.63) is 0 Å². The van der Waals surface area contributed by atoms with Crippen LogP contribution in [0.2, 0.25) is 0 Å². The molecule has 1 aliphatic rings. The van der Waals surface area contributed by atoms with Crippen LogP contribution in [0.5, 0.6) is 0 Å². The summed E-state index contributed by atoms with van der Waals surface area (Å²) >= 11 is 0. The molecule has 0 aliphatic carbocycles. The maximum absolute atomic E-state index is 10.6. The van der Waals surface area contributed by atoms with Gasteiger partial charge in [-0.05, 0) is 0 Å². The van der Waals surface area contributed by atoms with Gasteiger partial charge in [-0.1, -0.05) is 0 Å². The zero-order chi connectivity index (χ0) is 7.72. The van der Waals surface area contributed by atoms with Crippen LogP contribution in [0.1, 0.15) is 0 Å². The lowest BCUT2D eigenvalue weighted by atomic mass is 10.1. The molecule has 0 radical (unpaired) electrons. The van der Waals surface area contributed by atoms with Gasteiger partial charge in [-0.2, -0.15) is 0 Å². The molecule has 3 N–H and O–H groups in total. The average molecular weight is 148 g/mol. The Labute approximate surface area is 56.9 Å². The van der Waals surface area contributed by atoms with Gasteiger partial charge in [0.15, 0.2) is 0 Å². The van der Waals surface area contributed by atoms with E-state index in [2.05, 4.69) is 4.74 Å². The molecule has 5 nitrogen and oxygen atoms in total. The minimum absolute atomic E-state index is 0.214. The van der Waals surface area contributed by atoms with Crippen molar-refractivity contribution in [3.63, 3.8) is 0 Å². The number of hydrogen-bond donors (Lipinski definition) is 3. The minimum atomic E-state index is -1.58.